The maximum Gasteiger partial charge on any atom is 0.324 e. The van der Waals surface area contributed by atoms with Gasteiger partial charge in [0.15, 0.2) is 0 Å². The van der Waals surface area contributed by atoms with Crippen molar-refractivity contribution in [3.63, 3.8) is 0 Å². The van der Waals surface area contributed by atoms with Crippen LogP contribution in [0.3, 0.4) is 0 Å². The van der Waals surface area contributed by atoms with Crippen molar-refractivity contribution in [3.8, 4) is 0 Å². The Morgan fingerprint density at radius 1 is 1.35 bits per heavy atom. The van der Waals surface area contributed by atoms with E-state index >= 15 is 0 Å². The Hall–Kier alpha value is -0.770. The van der Waals surface area contributed by atoms with Gasteiger partial charge >= 0.3 is 6.03 Å². The maximum atomic E-state index is 12.0. The lowest BCUT2D eigenvalue weighted by Gasteiger charge is -2.30. The summed E-state index contributed by atoms with van der Waals surface area (Å²) in [5.41, 5.74) is 0. The van der Waals surface area contributed by atoms with Gasteiger partial charge in [-0.1, -0.05) is 26.7 Å². The number of carbonyl (C=O) groups excluding carboxylic acids is 2. The molecule has 5 heteroatoms. The van der Waals surface area contributed by atoms with Crippen LogP contribution in [0.4, 0.5) is 4.79 Å². The lowest BCUT2D eigenvalue weighted by molar-refractivity contribution is -0.117. The van der Waals surface area contributed by atoms with Crippen LogP contribution < -0.4 is 5.32 Å². The number of urea groups is 1. The Morgan fingerprint density at radius 3 is 2.41 bits per heavy atom. The third-order valence-electron chi connectivity index (χ3n) is 2.96. The van der Waals surface area contributed by atoms with Crippen LogP contribution in [0.2, 0.25) is 0 Å². The molecular weight excluding hydrogens is 240 g/mol. The Morgan fingerprint density at radius 2 is 1.94 bits per heavy atom. The van der Waals surface area contributed by atoms with Crippen molar-refractivity contribution in [1.29, 1.82) is 0 Å². The molecule has 1 rings (SSSR count). The molecule has 0 aromatic rings. The van der Waals surface area contributed by atoms with E-state index in [-0.39, 0.29) is 18.0 Å². The molecule has 1 fully saturated rings. The van der Waals surface area contributed by atoms with Crippen LogP contribution in [0.25, 0.3) is 0 Å². The summed E-state index contributed by atoms with van der Waals surface area (Å²) in [6, 6.07) is -0.0169. The van der Waals surface area contributed by atoms with Crippen molar-refractivity contribution in [2.45, 2.75) is 45.6 Å². The Balaban J connectivity index is 2.60. The second-order valence-electron chi connectivity index (χ2n) is 4.97. The molecule has 1 aliphatic carbocycles. The monoisotopic (exact) mass is 260 g/mol. The van der Waals surface area contributed by atoms with Crippen molar-refractivity contribution in [1.82, 2.24) is 10.2 Å². The van der Waals surface area contributed by atoms with Gasteiger partial charge in [0.2, 0.25) is 5.91 Å². The van der Waals surface area contributed by atoms with Crippen LogP contribution in [0.5, 0.6) is 0 Å². The normalized spacial score (nSPS) is 16.2. The first-order chi connectivity index (χ1) is 8.04. The SMILES string of the molecule is CC(C)CN(C(=O)NC(=O)CCl)C1CCCC1. The first-order valence-corrected chi connectivity index (χ1v) is 6.74. The van der Waals surface area contributed by atoms with Crippen LogP contribution >= 0.6 is 11.6 Å². The van der Waals surface area contributed by atoms with Gasteiger partial charge in [-0.05, 0) is 18.8 Å². The molecule has 1 saturated carbocycles. The summed E-state index contributed by atoms with van der Waals surface area (Å²) in [4.78, 5) is 24.9. The van der Waals surface area contributed by atoms with Gasteiger partial charge in [-0.3, -0.25) is 10.1 Å². The third kappa shape index (κ3) is 4.54. The van der Waals surface area contributed by atoms with Crippen molar-refractivity contribution in [3.05, 3.63) is 0 Å². The maximum absolute atomic E-state index is 12.0. The van der Waals surface area contributed by atoms with Crippen molar-refractivity contribution in [2.75, 3.05) is 12.4 Å². The molecule has 0 spiro atoms. The Bertz CT molecular complexity index is 276. The molecule has 4 nitrogen and oxygen atoms in total. The number of hydrogen-bond acceptors (Lipinski definition) is 2. The van der Waals surface area contributed by atoms with Gasteiger partial charge in [-0.2, -0.15) is 0 Å². The minimum atomic E-state index is -0.427. The standard InChI is InChI=1S/C12H21ClN2O2/c1-9(2)8-15(10-5-3-4-6-10)12(17)14-11(16)7-13/h9-10H,3-8H2,1-2H3,(H,14,16,17). The average Bonchev–Trinajstić information content (AvgIpc) is 2.78. The van der Waals surface area contributed by atoms with E-state index in [0.29, 0.717) is 12.5 Å². The number of carbonyl (C=O) groups is 2. The summed E-state index contributed by atoms with van der Waals surface area (Å²) in [6.45, 7) is 4.82. The first-order valence-electron chi connectivity index (χ1n) is 6.21. The van der Waals surface area contributed by atoms with E-state index in [1.165, 1.54) is 0 Å². The number of imide groups is 1. The number of nitrogens with zero attached hydrogens (tertiary/aromatic N) is 1. The van der Waals surface area contributed by atoms with Crippen molar-refractivity contribution in [2.24, 2.45) is 5.92 Å². The van der Waals surface area contributed by atoms with Gasteiger partial charge in [0.05, 0.1) is 0 Å². The number of hydrogen-bond donors (Lipinski definition) is 1. The molecule has 0 aliphatic heterocycles. The third-order valence-corrected chi connectivity index (χ3v) is 3.20. The molecule has 0 saturated heterocycles. The zero-order valence-electron chi connectivity index (χ0n) is 10.5. The molecule has 0 atom stereocenters. The largest absolute Gasteiger partial charge is 0.324 e. The molecule has 98 valence electrons. The van der Waals surface area contributed by atoms with Gasteiger partial charge in [-0.15, -0.1) is 11.6 Å². The number of rotatable bonds is 4. The Kier molecular flexibility index (Phi) is 5.75. The van der Waals surface area contributed by atoms with E-state index in [1.54, 1.807) is 4.90 Å². The molecule has 17 heavy (non-hydrogen) atoms. The van der Waals surface area contributed by atoms with Crippen molar-refractivity contribution >= 4 is 23.5 Å². The van der Waals surface area contributed by atoms with Gasteiger partial charge in [0.25, 0.3) is 0 Å². The predicted octanol–water partition coefficient (Wildman–Crippen LogP) is 2.36. The van der Waals surface area contributed by atoms with Gasteiger partial charge < -0.3 is 4.90 Å². The summed E-state index contributed by atoms with van der Waals surface area (Å²) in [7, 11) is 0. The van der Waals surface area contributed by atoms with Crippen LogP contribution in [-0.4, -0.2) is 35.3 Å². The molecule has 0 aromatic heterocycles. The number of alkyl halides is 1. The fourth-order valence-corrected chi connectivity index (χ4v) is 2.30. The fraction of sp³-hybridized carbons (Fsp3) is 0.833. The number of amides is 3. The van der Waals surface area contributed by atoms with Gasteiger partial charge in [-0.25, -0.2) is 4.79 Å². The highest BCUT2D eigenvalue weighted by Crippen LogP contribution is 2.24. The molecule has 3 amide bonds. The van der Waals surface area contributed by atoms with E-state index in [9.17, 15) is 9.59 Å². The zero-order valence-corrected chi connectivity index (χ0v) is 11.3. The molecule has 0 aromatic carbocycles. The average molecular weight is 261 g/mol. The van der Waals surface area contributed by atoms with Crippen molar-refractivity contribution < 1.29 is 9.59 Å². The molecule has 1 aliphatic rings. The second kappa shape index (κ2) is 6.84. The second-order valence-corrected chi connectivity index (χ2v) is 5.24. The number of halogens is 1. The summed E-state index contributed by atoms with van der Waals surface area (Å²) in [6.07, 6.45) is 4.40. The quantitative estimate of drug-likeness (QED) is 0.789. The predicted molar refractivity (Wildman–Crippen MR) is 68.1 cm³/mol. The van der Waals surface area contributed by atoms with Gasteiger partial charge in [0, 0.05) is 12.6 Å². The number of nitrogens with one attached hydrogen (secondary N) is 1. The molecule has 0 heterocycles. The highest BCUT2D eigenvalue weighted by molar-refractivity contribution is 6.28. The van der Waals surface area contributed by atoms with E-state index in [2.05, 4.69) is 19.2 Å². The smallest absolute Gasteiger partial charge is 0.321 e. The summed E-state index contributed by atoms with van der Waals surface area (Å²) < 4.78 is 0. The lowest BCUT2D eigenvalue weighted by Crippen LogP contribution is -2.49. The summed E-state index contributed by atoms with van der Waals surface area (Å²) in [5.74, 6) is -0.206. The summed E-state index contributed by atoms with van der Waals surface area (Å²) >= 11 is 5.38. The summed E-state index contributed by atoms with van der Waals surface area (Å²) in [5, 5.41) is 2.33. The molecule has 0 radical (unpaired) electrons. The lowest BCUT2D eigenvalue weighted by atomic mass is 10.1. The van der Waals surface area contributed by atoms with Crippen LogP contribution in [0, 0.1) is 5.92 Å². The molecule has 1 N–H and O–H groups in total. The van der Waals surface area contributed by atoms with E-state index in [0.717, 1.165) is 25.7 Å². The molecule has 0 bridgehead atoms. The Labute approximate surface area is 108 Å². The van der Waals surface area contributed by atoms with E-state index < -0.39 is 5.91 Å². The van der Waals surface area contributed by atoms with E-state index in [1.807, 2.05) is 0 Å². The fourth-order valence-electron chi connectivity index (χ4n) is 2.23. The highest BCUT2D eigenvalue weighted by atomic mass is 35.5. The van der Waals surface area contributed by atoms with Crippen LogP contribution in [-0.2, 0) is 4.79 Å². The minimum absolute atomic E-state index is 0.175. The van der Waals surface area contributed by atoms with E-state index in [4.69, 9.17) is 11.6 Å². The highest BCUT2D eigenvalue weighted by Gasteiger charge is 2.27. The first kappa shape index (κ1) is 14.3. The molecule has 0 unspecified atom stereocenters. The topological polar surface area (TPSA) is 49.4 Å². The van der Waals surface area contributed by atoms with Crippen LogP contribution in [0.1, 0.15) is 39.5 Å². The zero-order chi connectivity index (χ0) is 12.8. The minimum Gasteiger partial charge on any atom is -0.321 e. The van der Waals surface area contributed by atoms with Gasteiger partial charge in [0.1, 0.15) is 5.88 Å². The molecular formula is C12H21ClN2O2. The van der Waals surface area contributed by atoms with Crippen LogP contribution in [0.15, 0.2) is 0 Å².